The highest BCUT2D eigenvalue weighted by atomic mass is 16.6. The van der Waals surface area contributed by atoms with E-state index < -0.39 is 4.92 Å². The van der Waals surface area contributed by atoms with Crippen molar-refractivity contribution in [2.75, 3.05) is 19.0 Å². The highest BCUT2D eigenvalue weighted by Crippen LogP contribution is 2.30. The first-order valence-corrected chi connectivity index (χ1v) is 6.93. The molecular formula is C15H24N2O3. The Labute approximate surface area is 120 Å². The van der Waals surface area contributed by atoms with Gasteiger partial charge in [0.1, 0.15) is 0 Å². The van der Waals surface area contributed by atoms with Crippen molar-refractivity contribution in [3.05, 3.63) is 28.3 Å². The maximum absolute atomic E-state index is 10.8. The summed E-state index contributed by atoms with van der Waals surface area (Å²) < 4.78 is 5.07. The molecule has 0 radical (unpaired) electrons. The molecule has 0 saturated carbocycles. The lowest BCUT2D eigenvalue weighted by Gasteiger charge is -2.25. The fraction of sp³-hybridized carbons (Fsp3) is 0.600. The van der Waals surface area contributed by atoms with Gasteiger partial charge in [-0.15, -0.1) is 0 Å². The SMILES string of the molecule is COc1cc(NCC(C(C)C)C(C)C)ccc1[N+](=O)[O-]. The van der Waals surface area contributed by atoms with Crippen molar-refractivity contribution in [1.29, 1.82) is 0 Å². The summed E-state index contributed by atoms with van der Waals surface area (Å²) in [4.78, 5) is 10.4. The number of ether oxygens (including phenoxy) is 1. The van der Waals surface area contributed by atoms with Gasteiger partial charge in [0.2, 0.25) is 0 Å². The van der Waals surface area contributed by atoms with Crippen molar-refractivity contribution in [1.82, 2.24) is 0 Å². The molecule has 0 bridgehead atoms. The van der Waals surface area contributed by atoms with Gasteiger partial charge in [-0.2, -0.15) is 0 Å². The summed E-state index contributed by atoms with van der Waals surface area (Å²) in [5, 5.41) is 14.2. The van der Waals surface area contributed by atoms with Crippen LogP contribution >= 0.6 is 0 Å². The fourth-order valence-corrected chi connectivity index (χ4v) is 2.42. The molecule has 0 aliphatic carbocycles. The number of rotatable bonds is 7. The van der Waals surface area contributed by atoms with E-state index in [1.165, 1.54) is 13.2 Å². The summed E-state index contributed by atoms with van der Waals surface area (Å²) in [7, 11) is 1.44. The minimum atomic E-state index is -0.437. The van der Waals surface area contributed by atoms with E-state index in [2.05, 4.69) is 33.0 Å². The molecule has 112 valence electrons. The highest BCUT2D eigenvalue weighted by Gasteiger charge is 2.18. The molecule has 0 amide bonds. The van der Waals surface area contributed by atoms with E-state index >= 15 is 0 Å². The average molecular weight is 280 g/mol. The molecule has 0 spiro atoms. The molecule has 0 aromatic heterocycles. The molecule has 0 unspecified atom stereocenters. The molecule has 0 aliphatic heterocycles. The fourth-order valence-electron chi connectivity index (χ4n) is 2.42. The normalized spacial score (nSPS) is 11.2. The van der Waals surface area contributed by atoms with Gasteiger partial charge < -0.3 is 10.1 Å². The first kappa shape index (κ1) is 16.3. The van der Waals surface area contributed by atoms with Gasteiger partial charge in [0.15, 0.2) is 5.75 Å². The van der Waals surface area contributed by atoms with Crippen LogP contribution in [0.25, 0.3) is 0 Å². The number of anilines is 1. The Kier molecular flexibility index (Phi) is 5.80. The number of nitrogens with one attached hydrogen (secondary N) is 1. The molecule has 0 fully saturated rings. The second kappa shape index (κ2) is 7.12. The van der Waals surface area contributed by atoms with E-state index in [1.807, 2.05) is 0 Å². The number of benzene rings is 1. The summed E-state index contributed by atoms with van der Waals surface area (Å²) >= 11 is 0. The van der Waals surface area contributed by atoms with Crippen molar-refractivity contribution in [2.24, 2.45) is 17.8 Å². The van der Waals surface area contributed by atoms with Gasteiger partial charge in [0.25, 0.3) is 0 Å². The summed E-state index contributed by atoms with van der Waals surface area (Å²) in [6.45, 7) is 9.69. The Morgan fingerprint density at radius 3 is 2.30 bits per heavy atom. The number of nitro groups is 1. The zero-order valence-electron chi connectivity index (χ0n) is 12.8. The molecule has 5 heteroatoms. The lowest BCUT2D eigenvalue weighted by atomic mass is 9.85. The quantitative estimate of drug-likeness (QED) is 0.607. The number of hydrogen-bond donors (Lipinski definition) is 1. The molecule has 0 heterocycles. The smallest absolute Gasteiger partial charge is 0.311 e. The van der Waals surface area contributed by atoms with Crippen molar-refractivity contribution < 1.29 is 9.66 Å². The van der Waals surface area contributed by atoms with Crippen LogP contribution in [-0.4, -0.2) is 18.6 Å². The van der Waals surface area contributed by atoms with Crippen molar-refractivity contribution in [3.8, 4) is 5.75 Å². The Balaban J connectivity index is 2.81. The first-order chi connectivity index (χ1) is 9.36. The molecule has 1 N–H and O–H groups in total. The maximum atomic E-state index is 10.8. The Morgan fingerprint density at radius 2 is 1.85 bits per heavy atom. The van der Waals surface area contributed by atoms with Gasteiger partial charge in [-0.1, -0.05) is 27.7 Å². The minimum Gasteiger partial charge on any atom is -0.490 e. The highest BCUT2D eigenvalue weighted by molar-refractivity contribution is 5.57. The van der Waals surface area contributed by atoms with Crippen LogP contribution < -0.4 is 10.1 Å². The third kappa shape index (κ3) is 4.11. The van der Waals surface area contributed by atoms with Gasteiger partial charge in [-0.25, -0.2) is 0 Å². The topological polar surface area (TPSA) is 64.4 Å². The average Bonchev–Trinajstić information content (AvgIpc) is 2.37. The minimum absolute atomic E-state index is 0.0117. The monoisotopic (exact) mass is 280 g/mol. The molecule has 0 aliphatic rings. The van der Waals surface area contributed by atoms with E-state index in [-0.39, 0.29) is 11.4 Å². The lowest BCUT2D eigenvalue weighted by Crippen LogP contribution is -2.24. The predicted molar refractivity (Wildman–Crippen MR) is 81.3 cm³/mol. The largest absolute Gasteiger partial charge is 0.490 e. The van der Waals surface area contributed by atoms with Crippen LogP contribution in [0.5, 0.6) is 5.75 Å². The van der Waals surface area contributed by atoms with Crippen LogP contribution in [0, 0.1) is 27.9 Å². The van der Waals surface area contributed by atoms with Crippen LogP contribution in [-0.2, 0) is 0 Å². The Morgan fingerprint density at radius 1 is 1.25 bits per heavy atom. The first-order valence-electron chi connectivity index (χ1n) is 6.93. The second-order valence-electron chi connectivity index (χ2n) is 5.68. The molecular weight excluding hydrogens is 256 g/mol. The summed E-state index contributed by atoms with van der Waals surface area (Å²) in [6.07, 6.45) is 0. The summed E-state index contributed by atoms with van der Waals surface area (Å²) in [5.74, 6) is 2.01. The van der Waals surface area contributed by atoms with E-state index in [0.29, 0.717) is 17.8 Å². The molecule has 5 nitrogen and oxygen atoms in total. The maximum Gasteiger partial charge on any atom is 0.311 e. The Bertz CT molecular complexity index is 450. The van der Waals surface area contributed by atoms with Gasteiger partial charge in [0.05, 0.1) is 12.0 Å². The molecule has 0 atom stereocenters. The molecule has 1 aromatic carbocycles. The van der Waals surface area contributed by atoms with E-state index in [0.717, 1.165) is 12.2 Å². The van der Waals surface area contributed by atoms with Gasteiger partial charge >= 0.3 is 5.69 Å². The lowest BCUT2D eigenvalue weighted by molar-refractivity contribution is -0.385. The number of nitro benzene ring substituents is 1. The van der Waals surface area contributed by atoms with E-state index in [1.54, 1.807) is 12.1 Å². The van der Waals surface area contributed by atoms with Crippen LogP contribution in [0.1, 0.15) is 27.7 Å². The van der Waals surface area contributed by atoms with Crippen LogP contribution in [0.3, 0.4) is 0 Å². The number of methoxy groups -OCH3 is 1. The predicted octanol–water partition coefficient (Wildman–Crippen LogP) is 3.94. The number of hydrogen-bond acceptors (Lipinski definition) is 4. The van der Waals surface area contributed by atoms with Crippen molar-refractivity contribution >= 4 is 11.4 Å². The molecule has 1 aromatic rings. The molecule has 0 saturated heterocycles. The molecule has 1 rings (SSSR count). The van der Waals surface area contributed by atoms with E-state index in [4.69, 9.17) is 4.74 Å². The second-order valence-corrected chi connectivity index (χ2v) is 5.68. The van der Waals surface area contributed by atoms with Crippen LogP contribution in [0.15, 0.2) is 18.2 Å². The van der Waals surface area contributed by atoms with Gasteiger partial charge in [-0.3, -0.25) is 10.1 Å². The zero-order valence-corrected chi connectivity index (χ0v) is 12.8. The third-order valence-corrected chi connectivity index (χ3v) is 3.63. The van der Waals surface area contributed by atoms with E-state index in [9.17, 15) is 10.1 Å². The zero-order chi connectivity index (χ0) is 15.3. The van der Waals surface area contributed by atoms with Crippen molar-refractivity contribution in [2.45, 2.75) is 27.7 Å². The van der Waals surface area contributed by atoms with Crippen molar-refractivity contribution in [3.63, 3.8) is 0 Å². The van der Waals surface area contributed by atoms with Gasteiger partial charge in [0, 0.05) is 24.4 Å². The Hall–Kier alpha value is -1.78. The summed E-state index contributed by atoms with van der Waals surface area (Å²) in [6, 6.07) is 4.87. The van der Waals surface area contributed by atoms with Crippen LogP contribution in [0.2, 0.25) is 0 Å². The summed E-state index contributed by atoms with van der Waals surface area (Å²) in [5.41, 5.74) is 0.834. The number of nitrogens with zero attached hydrogens (tertiary/aromatic N) is 1. The van der Waals surface area contributed by atoms with Gasteiger partial charge in [-0.05, 0) is 23.8 Å². The third-order valence-electron chi connectivity index (χ3n) is 3.63. The standard InChI is InChI=1S/C15H24N2O3/c1-10(2)13(11(3)4)9-16-12-6-7-14(17(18)19)15(8-12)20-5/h6-8,10-11,13,16H,9H2,1-5H3. The molecule has 20 heavy (non-hydrogen) atoms. The van der Waals surface area contributed by atoms with Crippen LogP contribution in [0.4, 0.5) is 11.4 Å².